The molecule has 0 fully saturated rings. The van der Waals surface area contributed by atoms with Crippen molar-refractivity contribution in [1.29, 1.82) is 0 Å². The number of hydrogen-bond acceptors (Lipinski definition) is 6. The summed E-state index contributed by atoms with van der Waals surface area (Å²) in [6.45, 7) is 6.66. The van der Waals surface area contributed by atoms with Gasteiger partial charge < -0.3 is 14.2 Å². The maximum atomic E-state index is 13.0. The highest BCUT2D eigenvalue weighted by Crippen LogP contribution is 2.18. The van der Waals surface area contributed by atoms with E-state index in [9.17, 15) is 14.4 Å². The molecule has 0 N–H and O–H groups in total. The minimum absolute atomic E-state index is 0.0756. The summed E-state index contributed by atoms with van der Waals surface area (Å²) in [5, 5.41) is 0. The normalized spacial score (nSPS) is 12.4. The van der Waals surface area contributed by atoms with Crippen LogP contribution in [0.3, 0.4) is 0 Å². The van der Waals surface area contributed by atoms with Crippen LogP contribution in [0.25, 0.3) is 0 Å². The van der Waals surface area contributed by atoms with Gasteiger partial charge in [0.1, 0.15) is 13.2 Å². The molecule has 1 unspecified atom stereocenters. The average molecular weight is 1120 g/mol. The minimum atomic E-state index is -0.782. The summed E-state index contributed by atoms with van der Waals surface area (Å²) >= 11 is 0. The van der Waals surface area contributed by atoms with Gasteiger partial charge in [-0.2, -0.15) is 0 Å². The van der Waals surface area contributed by atoms with E-state index in [-0.39, 0.29) is 31.1 Å². The Kier molecular flexibility index (Phi) is 66.1. The molecule has 0 aromatic heterocycles. The van der Waals surface area contributed by atoms with Crippen molar-refractivity contribution in [3.05, 3.63) is 60.8 Å². The number of carbonyl (C=O) groups excluding carboxylic acids is 3. The van der Waals surface area contributed by atoms with E-state index in [1.165, 1.54) is 250 Å². The highest BCUT2D eigenvalue weighted by atomic mass is 16.6. The number of carbonyl (C=O) groups is 3. The van der Waals surface area contributed by atoms with Gasteiger partial charge in [0.15, 0.2) is 6.10 Å². The molecule has 466 valence electrons. The summed E-state index contributed by atoms with van der Waals surface area (Å²) in [4.78, 5) is 38.5. The number of hydrogen-bond donors (Lipinski definition) is 0. The van der Waals surface area contributed by atoms with Crippen molar-refractivity contribution in [2.45, 2.75) is 380 Å². The summed E-state index contributed by atoms with van der Waals surface area (Å²) in [5.41, 5.74) is 0. The second-order valence-electron chi connectivity index (χ2n) is 23.8. The zero-order valence-electron chi connectivity index (χ0n) is 53.6. The van der Waals surface area contributed by atoms with Crippen LogP contribution in [0.5, 0.6) is 0 Å². The molecule has 0 aliphatic carbocycles. The lowest BCUT2D eigenvalue weighted by Crippen LogP contribution is -2.30. The van der Waals surface area contributed by atoms with E-state index in [0.29, 0.717) is 19.3 Å². The molecule has 0 saturated heterocycles. The molecule has 0 saturated carbocycles. The Morgan fingerprint density at radius 2 is 0.450 bits per heavy atom. The van der Waals surface area contributed by atoms with Crippen LogP contribution in [-0.4, -0.2) is 37.2 Å². The van der Waals surface area contributed by atoms with Crippen LogP contribution in [0.2, 0.25) is 0 Å². The van der Waals surface area contributed by atoms with Crippen molar-refractivity contribution in [2.24, 2.45) is 0 Å². The third-order valence-corrected chi connectivity index (χ3v) is 15.7. The van der Waals surface area contributed by atoms with Crippen molar-refractivity contribution < 1.29 is 28.6 Å². The van der Waals surface area contributed by atoms with E-state index in [2.05, 4.69) is 81.5 Å². The molecule has 0 rings (SSSR count). The van der Waals surface area contributed by atoms with E-state index in [4.69, 9.17) is 14.2 Å². The van der Waals surface area contributed by atoms with Gasteiger partial charge in [-0.15, -0.1) is 0 Å². The molecular formula is C74H134O6. The minimum Gasteiger partial charge on any atom is -0.462 e. The van der Waals surface area contributed by atoms with Gasteiger partial charge in [0.2, 0.25) is 0 Å². The summed E-state index contributed by atoms with van der Waals surface area (Å²) in [6.07, 6.45) is 88.1. The molecule has 6 nitrogen and oxygen atoms in total. The third kappa shape index (κ3) is 65.9. The van der Waals surface area contributed by atoms with Gasteiger partial charge >= 0.3 is 17.9 Å². The standard InChI is InChI=1S/C74H134O6/c1-4-7-10-13-16-19-22-25-28-31-34-35-36-37-38-39-41-43-46-49-52-55-58-61-64-67-73(76)79-70-71(69-78-72(75)66-63-60-57-54-51-48-45-42-33-30-27-24-21-18-15-12-9-6-3)80-74(77)68-65-62-59-56-53-50-47-44-40-32-29-26-23-20-17-14-11-8-5-2/h17,20,22,25-26,29,31,34,40,44,71H,4-16,18-19,21,23-24,27-28,30,32-33,35-39,41-43,45-70H2,1-3H3/b20-17-,25-22-,29-26-,34-31-,44-40-. The maximum Gasteiger partial charge on any atom is 0.306 e. The topological polar surface area (TPSA) is 78.9 Å². The molecule has 0 bridgehead atoms. The van der Waals surface area contributed by atoms with Gasteiger partial charge in [0.05, 0.1) is 0 Å². The summed E-state index contributed by atoms with van der Waals surface area (Å²) in [5.74, 6) is -0.864. The van der Waals surface area contributed by atoms with Crippen LogP contribution >= 0.6 is 0 Å². The largest absolute Gasteiger partial charge is 0.462 e. The molecule has 0 spiro atoms. The second kappa shape index (κ2) is 68.6. The molecule has 0 aromatic carbocycles. The number of allylic oxidation sites excluding steroid dienone is 10. The monoisotopic (exact) mass is 1120 g/mol. The quantitative estimate of drug-likeness (QED) is 0.0261. The molecule has 0 heterocycles. The fourth-order valence-electron chi connectivity index (χ4n) is 10.4. The smallest absolute Gasteiger partial charge is 0.306 e. The fourth-order valence-corrected chi connectivity index (χ4v) is 10.4. The fraction of sp³-hybridized carbons (Fsp3) is 0.824. The van der Waals surface area contributed by atoms with E-state index in [0.717, 1.165) is 83.5 Å². The Morgan fingerprint density at radius 3 is 0.725 bits per heavy atom. The van der Waals surface area contributed by atoms with Crippen LogP contribution in [0, 0.1) is 0 Å². The van der Waals surface area contributed by atoms with Gasteiger partial charge in [0, 0.05) is 19.3 Å². The first-order valence-electron chi connectivity index (χ1n) is 35.3. The van der Waals surface area contributed by atoms with E-state index in [1.54, 1.807) is 0 Å². The highest BCUT2D eigenvalue weighted by molar-refractivity contribution is 5.71. The lowest BCUT2D eigenvalue weighted by molar-refractivity contribution is -0.167. The zero-order valence-corrected chi connectivity index (χ0v) is 53.6. The molecule has 0 aromatic rings. The first-order chi connectivity index (χ1) is 39.5. The van der Waals surface area contributed by atoms with Crippen LogP contribution in [0.15, 0.2) is 60.8 Å². The van der Waals surface area contributed by atoms with Crippen molar-refractivity contribution in [1.82, 2.24) is 0 Å². The second-order valence-corrected chi connectivity index (χ2v) is 23.8. The summed E-state index contributed by atoms with van der Waals surface area (Å²) < 4.78 is 17.0. The van der Waals surface area contributed by atoms with E-state index >= 15 is 0 Å². The number of rotatable bonds is 65. The Hall–Kier alpha value is -2.89. The molecule has 0 amide bonds. The first kappa shape index (κ1) is 77.1. The molecule has 0 radical (unpaired) electrons. The van der Waals surface area contributed by atoms with Crippen molar-refractivity contribution in [3.8, 4) is 0 Å². The predicted octanol–water partition coefficient (Wildman–Crippen LogP) is 24.3. The lowest BCUT2D eigenvalue weighted by atomic mass is 10.0. The Bertz CT molecular complexity index is 1430. The van der Waals surface area contributed by atoms with Gasteiger partial charge in [-0.25, -0.2) is 0 Å². The maximum absolute atomic E-state index is 13.0. The summed E-state index contributed by atoms with van der Waals surface area (Å²) in [6, 6.07) is 0. The first-order valence-corrected chi connectivity index (χ1v) is 35.3. The van der Waals surface area contributed by atoms with Gasteiger partial charge in [0.25, 0.3) is 0 Å². The van der Waals surface area contributed by atoms with Crippen molar-refractivity contribution >= 4 is 17.9 Å². The Morgan fingerprint density at radius 1 is 0.250 bits per heavy atom. The molecule has 80 heavy (non-hydrogen) atoms. The molecule has 6 heteroatoms. The van der Waals surface area contributed by atoms with Gasteiger partial charge in [-0.1, -0.05) is 326 Å². The van der Waals surface area contributed by atoms with Gasteiger partial charge in [-0.3, -0.25) is 14.4 Å². The van der Waals surface area contributed by atoms with Crippen molar-refractivity contribution in [2.75, 3.05) is 13.2 Å². The van der Waals surface area contributed by atoms with Crippen LogP contribution in [0.4, 0.5) is 0 Å². The predicted molar refractivity (Wildman–Crippen MR) is 348 cm³/mol. The van der Waals surface area contributed by atoms with Crippen molar-refractivity contribution in [3.63, 3.8) is 0 Å². The number of ether oxygens (including phenoxy) is 3. The van der Waals surface area contributed by atoms with Gasteiger partial charge in [-0.05, 0) is 89.9 Å². The van der Waals surface area contributed by atoms with E-state index in [1.807, 2.05) is 0 Å². The van der Waals surface area contributed by atoms with E-state index < -0.39 is 6.10 Å². The SMILES string of the molecule is CCCCC/C=C\C/C=C\C/C=C\CCCCCCCCC(=O)OC(COC(=O)CCCCCCCCCCCCCCC/C=C\C/C=C\CCCCCCC)COC(=O)CCCCCCCCCCCCCCCCCCCC. The summed E-state index contributed by atoms with van der Waals surface area (Å²) in [7, 11) is 0. The highest BCUT2D eigenvalue weighted by Gasteiger charge is 2.19. The van der Waals surface area contributed by atoms with Crippen LogP contribution in [-0.2, 0) is 28.6 Å². The number of unbranched alkanes of at least 4 members (excludes halogenated alkanes) is 44. The molecule has 1 atom stereocenters. The van der Waals surface area contributed by atoms with Crippen LogP contribution in [0.1, 0.15) is 374 Å². The average Bonchev–Trinajstić information content (AvgIpc) is 3.46. The lowest BCUT2D eigenvalue weighted by Gasteiger charge is -2.18. The molecule has 0 aliphatic heterocycles. The molecule has 0 aliphatic rings. The Labute approximate surface area is 498 Å². The molecular weight excluding hydrogens is 985 g/mol. The third-order valence-electron chi connectivity index (χ3n) is 15.7. The zero-order chi connectivity index (χ0) is 57.8. The Balaban J connectivity index is 4.33. The number of esters is 3. The van der Waals surface area contributed by atoms with Crippen LogP contribution < -0.4 is 0 Å².